The Labute approximate surface area is 213 Å². The highest BCUT2D eigenvalue weighted by Crippen LogP contribution is 2.51. The summed E-state index contributed by atoms with van der Waals surface area (Å²) in [5, 5.41) is 3.67. The van der Waals surface area contributed by atoms with Gasteiger partial charge in [0.05, 0.1) is 25.2 Å². The first kappa shape index (κ1) is 24.3. The molecular formula is C29H32N2O4S. The third-order valence-electron chi connectivity index (χ3n) is 7.24. The average molecular weight is 505 g/mol. The van der Waals surface area contributed by atoms with E-state index in [0.717, 1.165) is 23.2 Å². The number of ether oxygens (including phenoxy) is 2. The lowest BCUT2D eigenvalue weighted by atomic mass is 9.77. The van der Waals surface area contributed by atoms with Gasteiger partial charge in [-0.1, -0.05) is 44.2 Å². The number of fused-ring (bicyclic) bond motifs is 3. The van der Waals surface area contributed by atoms with E-state index in [-0.39, 0.29) is 22.8 Å². The van der Waals surface area contributed by atoms with Gasteiger partial charge in [0, 0.05) is 17.3 Å². The van der Waals surface area contributed by atoms with Gasteiger partial charge in [0.2, 0.25) is 0 Å². The van der Waals surface area contributed by atoms with Crippen LogP contribution in [0.3, 0.4) is 0 Å². The number of anilines is 2. The normalized spacial score (nSPS) is 20.4. The molecule has 1 aliphatic carbocycles. The first-order chi connectivity index (χ1) is 17.3. The van der Waals surface area contributed by atoms with Crippen molar-refractivity contribution in [3.8, 4) is 11.5 Å². The fourth-order valence-corrected chi connectivity index (χ4v) is 6.36. The van der Waals surface area contributed by atoms with Crippen LogP contribution in [-0.4, -0.2) is 22.6 Å². The van der Waals surface area contributed by atoms with E-state index in [0.29, 0.717) is 23.1 Å². The van der Waals surface area contributed by atoms with Crippen LogP contribution >= 0.6 is 0 Å². The molecule has 188 valence electrons. The molecule has 0 spiro atoms. The minimum absolute atomic E-state index is 0.0670. The van der Waals surface area contributed by atoms with Gasteiger partial charge in [-0.05, 0) is 77.4 Å². The van der Waals surface area contributed by atoms with E-state index in [1.165, 1.54) is 5.56 Å². The summed E-state index contributed by atoms with van der Waals surface area (Å²) in [6.45, 7) is 4.22. The van der Waals surface area contributed by atoms with Crippen molar-refractivity contribution < 1.29 is 17.9 Å². The van der Waals surface area contributed by atoms with Crippen molar-refractivity contribution in [3.05, 3.63) is 89.5 Å². The second kappa shape index (κ2) is 9.54. The maximum atomic E-state index is 13.2. The van der Waals surface area contributed by atoms with Crippen LogP contribution < -0.4 is 19.5 Å². The largest absolute Gasteiger partial charge is 0.493 e. The number of benzene rings is 3. The predicted octanol–water partition coefficient (Wildman–Crippen LogP) is 6.45. The number of rotatable bonds is 7. The van der Waals surface area contributed by atoms with Crippen molar-refractivity contribution in [2.75, 3.05) is 24.3 Å². The standard InChI is InChI=1S/C29H32N2O4S/c1-18(2)19-8-11-21(12-9-19)31-36(32,33)22-13-14-26-25(17-22)23-6-5-7-24(23)29(30-26)20-10-15-27(34-3)28(16-20)35-4/h5-6,8-18,23-24,29-31H,7H2,1-4H3/t23-,24+,29+/m0/s1. The molecule has 2 aliphatic rings. The Morgan fingerprint density at radius 3 is 2.39 bits per heavy atom. The summed E-state index contributed by atoms with van der Waals surface area (Å²) < 4.78 is 40.1. The Kier molecular flexibility index (Phi) is 6.43. The molecule has 0 radical (unpaired) electrons. The summed E-state index contributed by atoms with van der Waals surface area (Å²) >= 11 is 0. The van der Waals surface area contributed by atoms with Gasteiger partial charge in [0.1, 0.15) is 0 Å². The van der Waals surface area contributed by atoms with E-state index >= 15 is 0 Å². The Balaban J connectivity index is 1.44. The van der Waals surface area contributed by atoms with Crippen molar-refractivity contribution in [1.29, 1.82) is 0 Å². The lowest BCUT2D eigenvalue weighted by molar-refractivity contribution is 0.353. The smallest absolute Gasteiger partial charge is 0.261 e. The maximum Gasteiger partial charge on any atom is 0.261 e. The number of nitrogens with one attached hydrogen (secondary N) is 2. The van der Waals surface area contributed by atoms with Crippen LogP contribution in [0.1, 0.15) is 54.8 Å². The van der Waals surface area contributed by atoms with Crippen molar-refractivity contribution in [3.63, 3.8) is 0 Å². The highest BCUT2D eigenvalue weighted by atomic mass is 32.2. The van der Waals surface area contributed by atoms with Gasteiger partial charge in [-0.15, -0.1) is 0 Å². The predicted molar refractivity (Wildman–Crippen MR) is 144 cm³/mol. The summed E-state index contributed by atoms with van der Waals surface area (Å²) in [5.74, 6) is 2.17. The molecule has 0 unspecified atom stereocenters. The Hall–Kier alpha value is -3.45. The molecule has 3 aromatic carbocycles. The molecule has 36 heavy (non-hydrogen) atoms. The number of sulfonamides is 1. The van der Waals surface area contributed by atoms with Gasteiger partial charge >= 0.3 is 0 Å². The maximum absolute atomic E-state index is 13.2. The van der Waals surface area contributed by atoms with Gasteiger partial charge in [-0.2, -0.15) is 0 Å². The minimum atomic E-state index is -3.72. The SMILES string of the molecule is COc1ccc([C@H]2Nc3ccc(S(=O)(=O)Nc4ccc(C(C)C)cc4)cc3[C@H]3C=CC[C@H]32)cc1OC. The molecule has 7 heteroatoms. The highest BCUT2D eigenvalue weighted by molar-refractivity contribution is 7.92. The van der Waals surface area contributed by atoms with Crippen LogP contribution in [0.25, 0.3) is 0 Å². The number of methoxy groups -OCH3 is 2. The average Bonchev–Trinajstić information content (AvgIpc) is 3.38. The summed E-state index contributed by atoms with van der Waals surface area (Å²) in [4.78, 5) is 0.264. The third-order valence-corrected chi connectivity index (χ3v) is 8.62. The van der Waals surface area contributed by atoms with E-state index < -0.39 is 10.0 Å². The Morgan fingerprint density at radius 1 is 0.944 bits per heavy atom. The molecule has 6 nitrogen and oxygen atoms in total. The summed E-state index contributed by atoms with van der Waals surface area (Å²) in [7, 11) is -0.455. The fraction of sp³-hybridized carbons (Fsp3) is 0.310. The molecule has 5 rings (SSSR count). The molecule has 0 bridgehead atoms. The molecule has 3 atom stereocenters. The number of hydrogen-bond donors (Lipinski definition) is 2. The van der Waals surface area contributed by atoms with E-state index in [9.17, 15) is 8.42 Å². The monoisotopic (exact) mass is 504 g/mol. The molecule has 3 aromatic rings. The van der Waals surface area contributed by atoms with Crippen molar-refractivity contribution in [2.45, 2.75) is 43.0 Å². The van der Waals surface area contributed by atoms with Gasteiger partial charge in [0.15, 0.2) is 11.5 Å². The zero-order chi connectivity index (χ0) is 25.4. The number of hydrogen-bond acceptors (Lipinski definition) is 5. The van der Waals surface area contributed by atoms with Gasteiger partial charge in [0.25, 0.3) is 10.0 Å². The van der Waals surface area contributed by atoms with E-state index in [4.69, 9.17) is 9.47 Å². The first-order valence-electron chi connectivity index (χ1n) is 12.2. The van der Waals surface area contributed by atoms with E-state index in [1.54, 1.807) is 20.3 Å². The van der Waals surface area contributed by atoms with Crippen molar-refractivity contribution in [1.82, 2.24) is 0 Å². The zero-order valence-electron chi connectivity index (χ0n) is 21.0. The van der Waals surface area contributed by atoms with Crippen LogP contribution in [0.4, 0.5) is 11.4 Å². The molecule has 0 amide bonds. The van der Waals surface area contributed by atoms with Gasteiger partial charge in [-0.25, -0.2) is 8.42 Å². The van der Waals surface area contributed by atoms with E-state index in [1.807, 2.05) is 48.5 Å². The molecule has 0 aromatic heterocycles. The quantitative estimate of drug-likeness (QED) is 0.362. The molecule has 1 heterocycles. The van der Waals surface area contributed by atoms with Crippen LogP contribution in [0.2, 0.25) is 0 Å². The molecule has 2 N–H and O–H groups in total. The fourth-order valence-electron chi connectivity index (χ4n) is 5.27. The molecule has 0 saturated carbocycles. The van der Waals surface area contributed by atoms with Crippen LogP contribution in [0.5, 0.6) is 11.5 Å². The molecule has 0 fully saturated rings. The first-order valence-corrected chi connectivity index (χ1v) is 13.7. The second-order valence-electron chi connectivity index (χ2n) is 9.72. The lowest BCUT2D eigenvalue weighted by Gasteiger charge is -2.38. The van der Waals surface area contributed by atoms with Crippen LogP contribution in [0, 0.1) is 5.92 Å². The van der Waals surface area contributed by atoms with E-state index in [2.05, 4.69) is 42.1 Å². The number of allylic oxidation sites excluding steroid dienone is 2. The van der Waals surface area contributed by atoms with Crippen molar-refractivity contribution >= 4 is 21.4 Å². The summed E-state index contributed by atoms with van der Waals surface area (Å²) in [6, 6.07) is 19.0. The van der Waals surface area contributed by atoms with Gasteiger partial charge < -0.3 is 14.8 Å². The molecule has 1 aliphatic heterocycles. The molecular weight excluding hydrogens is 472 g/mol. The topological polar surface area (TPSA) is 76.7 Å². The molecule has 0 saturated heterocycles. The Morgan fingerprint density at radius 2 is 1.69 bits per heavy atom. The van der Waals surface area contributed by atoms with Crippen molar-refractivity contribution in [2.24, 2.45) is 5.92 Å². The zero-order valence-corrected chi connectivity index (χ0v) is 21.8. The second-order valence-corrected chi connectivity index (χ2v) is 11.4. The van der Waals surface area contributed by atoms with Gasteiger partial charge in [-0.3, -0.25) is 4.72 Å². The summed E-state index contributed by atoms with van der Waals surface area (Å²) in [6.07, 6.45) is 5.30. The van der Waals surface area contributed by atoms with Crippen LogP contribution in [-0.2, 0) is 10.0 Å². The lowest BCUT2D eigenvalue weighted by Crippen LogP contribution is -2.29. The van der Waals surface area contributed by atoms with Crippen LogP contribution in [0.15, 0.2) is 77.7 Å². The minimum Gasteiger partial charge on any atom is -0.493 e. The summed E-state index contributed by atoms with van der Waals surface area (Å²) in [5.41, 5.74) is 4.79. The Bertz CT molecular complexity index is 1400. The highest BCUT2D eigenvalue weighted by Gasteiger charge is 2.38. The third kappa shape index (κ3) is 4.44.